The standard InChI is InChI=1S/C12H15ClFN/c1-8-4-5-15-12(6-8)10-3-2-9(13)7-11(10)14/h2-3,7-8,12,15H,4-6H2,1H3. The molecule has 82 valence electrons. The van der Waals surface area contributed by atoms with Crippen molar-refractivity contribution in [1.82, 2.24) is 5.32 Å². The van der Waals surface area contributed by atoms with Gasteiger partial charge in [0.25, 0.3) is 0 Å². The number of benzene rings is 1. The topological polar surface area (TPSA) is 12.0 Å². The monoisotopic (exact) mass is 227 g/mol. The molecule has 1 aliphatic heterocycles. The minimum absolute atomic E-state index is 0.144. The lowest BCUT2D eigenvalue weighted by Crippen LogP contribution is -2.31. The Morgan fingerprint density at radius 3 is 2.93 bits per heavy atom. The van der Waals surface area contributed by atoms with Crippen LogP contribution >= 0.6 is 11.6 Å². The van der Waals surface area contributed by atoms with Gasteiger partial charge in [0.05, 0.1) is 0 Å². The van der Waals surface area contributed by atoms with Gasteiger partial charge in [0.2, 0.25) is 0 Å². The summed E-state index contributed by atoms with van der Waals surface area (Å²) in [5.41, 5.74) is 0.742. The van der Waals surface area contributed by atoms with Crippen molar-refractivity contribution in [3.8, 4) is 0 Å². The van der Waals surface area contributed by atoms with Gasteiger partial charge < -0.3 is 5.32 Å². The molecule has 1 saturated heterocycles. The Balaban J connectivity index is 2.21. The van der Waals surface area contributed by atoms with Crippen LogP contribution in [-0.2, 0) is 0 Å². The molecule has 15 heavy (non-hydrogen) atoms. The minimum Gasteiger partial charge on any atom is -0.310 e. The first-order valence-electron chi connectivity index (χ1n) is 5.35. The zero-order valence-electron chi connectivity index (χ0n) is 8.76. The molecule has 1 fully saturated rings. The Morgan fingerprint density at radius 1 is 1.47 bits per heavy atom. The lowest BCUT2D eigenvalue weighted by Gasteiger charge is -2.28. The first kappa shape index (κ1) is 10.9. The molecule has 0 bridgehead atoms. The molecule has 0 radical (unpaired) electrons. The number of hydrogen-bond donors (Lipinski definition) is 1. The Labute approximate surface area is 94.6 Å². The quantitative estimate of drug-likeness (QED) is 0.774. The first-order chi connectivity index (χ1) is 7.16. The van der Waals surface area contributed by atoms with Gasteiger partial charge in [-0.1, -0.05) is 24.6 Å². The van der Waals surface area contributed by atoms with E-state index in [0.29, 0.717) is 10.9 Å². The molecular formula is C12H15ClFN. The van der Waals surface area contributed by atoms with E-state index in [0.717, 1.165) is 18.5 Å². The summed E-state index contributed by atoms with van der Waals surface area (Å²) in [6, 6.07) is 5.07. The number of hydrogen-bond acceptors (Lipinski definition) is 1. The lowest BCUT2D eigenvalue weighted by molar-refractivity contribution is 0.319. The van der Waals surface area contributed by atoms with Crippen molar-refractivity contribution >= 4 is 11.6 Å². The Kier molecular flexibility index (Phi) is 3.27. The molecule has 2 rings (SSSR count). The molecule has 1 nitrogen and oxygen atoms in total. The summed E-state index contributed by atoms with van der Waals surface area (Å²) in [6.45, 7) is 3.18. The van der Waals surface area contributed by atoms with Gasteiger partial charge >= 0.3 is 0 Å². The molecule has 2 unspecified atom stereocenters. The third-order valence-corrected chi connectivity index (χ3v) is 3.24. The SMILES string of the molecule is CC1CCNC(c2ccc(Cl)cc2F)C1. The minimum atomic E-state index is -0.200. The number of nitrogens with one attached hydrogen (secondary N) is 1. The van der Waals surface area contributed by atoms with Crippen LogP contribution in [0.4, 0.5) is 4.39 Å². The zero-order chi connectivity index (χ0) is 10.8. The average Bonchev–Trinajstić information content (AvgIpc) is 2.17. The summed E-state index contributed by atoms with van der Waals surface area (Å²) in [6.07, 6.45) is 2.17. The van der Waals surface area contributed by atoms with E-state index in [-0.39, 0.29) is 11.9 Å². The second-order valence-electron chi connectivity index (χ2n) is 4.30. The van der Waals surface area contributed by atoms with Gasteiger partial charge in [-0.05, 0) is 37.4 Å². The van der Waals surface area contributed by atoms with Crippen LogP contribution in [-0.4, -0.2) is 6.54 Å². The fraction of sp³-hybridized carbons (Fsp3) is 0.500. The molecule has 1 heterocycles. The highest BCUT2D eigenvalue weighted by molar-refractivity contribution is 6.30. The zero-order valence-corrected chi connectivity index (χ0v) is 9.52. The Bertz CT molecular complexity index is 353. The van der Waals surface area contributed by atoms with Crippen LogP contribution < -0.4 is 5.32 Å². The number of rotatable bonds is 1. The third-order valence-electron chi connectivity index (χ3n) is 3.00. The van der Waals surface area contributed by atoms with Crippen LogP contribution in [0.5, 0.6) is 0 Å². The molecule has 2 atom stereocenters. The van der Waals surface area contributed by atoms with E-state index in [2.05, 4.69) is 12.2 Å². The van der Waals surface area contributed by atoms with Crippen LogP contribution in [0, 0.1) is 11.7 Å². The second-order valence-corrected chi connectivity index (χ2v) is 4.74. The molecule has 0 spiro atoms. The van der Waals surface area contributed by atoms with Gasteiger partial charge in [0.1, 0.15) is 5.82 Å². The highest BCUT2D eigenvalue weighted by Gasteiger charge is 2.22. The van der Waals surface area contributed by atoms with E-state index >= 15 is 0 Å². The summed E-state index contributed by atoms with van der Waals surface area (Å²) in [7, 11) is 0. The molecule has 1 aromatic rings. The van der Waals surface area contributed by atoms with E-state index in [1.54, 1.807) is 12.1 Å². The van der Waals surface area contributed by atoms with Crippen molar-refractivity contribution in [3.63, 3.8) is 0 Å². The fourth-order valence-corrected chi connectivity index (χ4v) is 2.29. The van der Waals surface area contributed by atoms with Gasteiger partial charge in [-0.15, -0.1) is 0 Å². The summed E-state index contributed by atoms with van der Waals surface area (Å²) >= 11 is 5.72. The summed E-state index contributed by atoms with van der Waals surface area (Å²) < 4.78 is 13.6. The van der Waals surface area contributed by atoms with E-state index in [1.807, 2.05) is 0 Å². The molecular weight excluding hydrogens is 213 g/mol. The molecule has 0 amide bonds. The fourth-order valence-electron chi connectivity index (χ4n) is 2.13. The number of piperidine rings is 1. The Morgan fingerprint density at radius 2 is 2.27 bits per heavy atom. The van der Waals surface area contributed by atoms with Crippen molar-refractivity contribution in [1.29, 1.82) is 0 Å². The summed E-state index contributed by atoms with van der Waals surface area (Å²) in [5, 5.41) is 3.80. The van der Waals surface area contributed by atoms with Gasteiger partial charge in [-0.3, -0.25) is 0 Å². The second kappa shape index (κ2) is 4.50. The average molecular weight is 228 g/mol. The van der Waals surface area contributed by atoms with E-state index < -0.39 is 0 Å². The molecule has 3 heteroatoms. The smallest absolute Gasteiger partial charge is 0.129 e. The number of halogens is 2. The molecule has 1 aromatic carbocycles. The predicted molar refractivity (Wildman–Crippen MR) is 60.6 cm³/mol. The maximum Gasteiger partial charge on any atom is 0.129 e. The Hall–Kier alpha value is -0.600. The van der Waals surface area contributed by atoms with Crippen LogP contribution in [0.3, 0.4) is 0 Å². The summed E-state index contributed by atoms with van der Waals surface area (Å²) in [5.74, 6) is 0.459. The normalized spacial score (nSPS) is 26.6. The molecule has 1 aliphatic rings. The van der Waals surface area contributed by atoms with Crippen LogP contribution in [0.25, 0.3) is 0 Å². The first-order valence-corrected chi connectivity index (χ1v) is 5.73. The van der Waals surface area contributed by atoms with Gasteiger partial charge in [0, 0.05) is 16.6 Å². The van der Waals surface area contributed by atoms with Crippen LogP contribution in [0.15, 0.2) is 18.2 Å². The van der Waals surface area contributed by atoms with Crippen molar-refractivity contribution in [2.24, 2.45) is 5.92 Å². The van der Waals surface area contributed by atoms with Crippen LogP contribution in [0.2, 0.25) is 5.02 Å². The highest BCUT2D eigenvalue weighted by Crippen LogP contribution is 2.29. The van der Waals surface area contributed by atoms with Crippen LogP contribution in [0.1, 0.15) is 31.4 Å². The molecule has 0 aromatic heterocycles. The maximum atomic E-state index is 13.6. The van der Waals surface area contributed by atoms with E-state index in [1.165, 1.54) is 12.5 Å². The van der Waals surface area contributed by atoms with E-state index in [9.17, 15) is 4.39 Å². The summed E-state index contributed by atoms with van der Waals surface area (Å²) in [4.78, 5) is 0. The van der Waals surface area contributed by atoms with Gasteiger partial charge in [-0.2, -0.15) is 0 Å². The molecule has 0 saturated carbocycles. The molecule has 1 N–H and O–H groups in total. The maximum absolute atomic E-state index is 13.6. The third kappa shape index (κ3) is 2.50. The predicted octanol–water partition coefficient (Wildman–Crippen LogP) is 3.54. The largest absolute Gasteiger partial charge is 0.310 e. The van der Waals surface area contributed by atoms with E-state index in [4.69, 9.17) is 11.6 Å². The van der Waals surface area contributed by atoms with Crippen molar-refractivity contribution < 1.29 is 4.39 Å². The van der Waals surface area contributed by atoms with Gasteiger partial charge in [0.15, 0.2) is 0 Å². The van der Waals surface area contributed by atoms with Gasteiger partial charge in [-0.25, -0.2) is 4.39 Å². The highest BCUT2D eigenvalue weighted by atomic mass is 35.5. The lowest BCUT2D eigenvalue weighted by atomic mass is 9.90. The van der Waals surface area contributed by atoms with Crippen molar-refractivity contribution in [3.05, 3.63) is 34.6 Å². The molecule has 0 aliphatic carbocycles. The van der Waals surface area contributed by atoms with Crippen molar-refractivity contribution in [2.75, 3.05) is 6.54 Å². The van der Waals surface area contributed by atoms with Crippen molar-refractivity contribution in [2.45, 2.75) is 25.8 Å².